The molecule has 0 aliphatic heterocycles. The third-order valence-electron chi connectivity index (χ3n) is 1.72. The number of alkyl halides is 3. The predicted octanol–water partition coefficient (Wildman–Crippen LogP) is 2.91. The minimum atomic E-state index is -4.35. The molecule has 1 aliphatic rings. The number of nitrogens with zero attached hydrogens (tertiary/aromatic N) is 1. The first kappa shape index (κ1) is 8.56. The SMILES string of the molecule is FC(F)(F)N=C1CCCCC1. The summed E-state index contributed by atoms with van der Waals surface area (Å²) < 4.78 is 35.0. The Kier molecular flexibility index (Phi) is 2.52. The lowest BCUT2D eigenvalue weighted by atomic mass is 9.99. The molecule has 0 bridgehead atoms. The standard InChI is InChI=1S/C7H10F3N/c8-7(9,10)11-6-4-2-1-3-5-6/h1-5H2. The number of aliphatic imine (C=N–C) groups is 1. The normalized spacial score (nSPS) is 20.1. The van der Waals surface area contributed by atoms with Gasteiger partial charge in [-0.3, -0.25) is 0 Å². The molecule has 0 aromatic carbocycles. The minimum Gasteiger partial charge on any atom is -0.194 e. The molecule has 1 aliphatic carbocycles. The van der Waals surface area contributed by atoms with Gasteiger partial charge >= 0.3 is 6.30 Å². The lowest BCUT2D eigenvalue weighted by Gasteiger charge is -2.12. The van der Waals surface area contributed by atoms with Gasteiger partial charge in [0.2, 0.25) is 0 Å². The quantitative estimate of drug-likeness (QED) is 0.489. The molecule has 1 rings (SSSR count). The summed E-state index contributed by atoms with van der Waals surface area (Å²) in [5, 5.41) is 0. The average molecular weight is 165 g/mol. The Morgan fingerprint density at radius 3 is 2.00 bits per heavy atom. The first-order valence-electron chi connectivity index (χ1n) is 3.72. The van der Waals surface area contributed by atoms with Crippen LogP contribution in [0.15, 0.2) is 4.99 Å². The molecule has 0 spiro atoms. The molecule has 0 amide bonds. The Labute approximate surface area is 63.3 Å². The summed E-state index contributed by atoms with van der Waals surface area (Å²) >= 11 is 0. The van der Waals surface area contributed by atoms with Gasteiger partial charge in [0.25, 0.3) is 0 Å². The minimum absolute atomic E-state index is 0.323. The summed E-state index contributed by atoms with van der Waals surface area (Å²) in [6, 6.07) is 0. The van der Waals surface area contributed by atoms with Gasteiger partial charge in [-0.15, -0.1) is 13.2 Å². The third-order valence-corrected chi connectivity index (χ3v) is 1.72. The van der Waals surface area contributed by atoms with E-state index in [1.807, 2.05) is 0 Å². The summed E-state index contributed by atoms with van der Waals surface area (Å²) in [7, 11) is 0. The van der Waals surface area contributed by atoms with Crippen molar-refractivity contribution < 1.29 is 13.2 Å². The summed E-state index contributed by atoms with van der Waals surface area (Å²) in [5.74, 6) is 0. The molecule has 0 atom stereocenters. The van der Waals surface area contributed by atoms with Gasteiger partial charge in [-0.2, -0.15) is 4.99 Å². The van der Waals surface area contributed by atoms with Gasteiger partial charge in [0.15, 0.2) is 0 Å². The molecule has 0 heterocycles. The zero-order valence-corrected chi connectivity index (χ0v) is 6.12. The molecule has 0 saturated heterocycles. The van der Waals surface area contributed by atoms with Crippen LogP contribution < -0.4 is 0 Å². The first-order valence-corrected chi connectivity index (χ1v) is 3.72. The highest BCUT2D eigenvalue weighted by Crippen LogP contribution is 2.22. The fraction of sp³-hybridized carbons (Fsp3) is 0.857. The van der Waals surface area contributed by atoms with Crippen LogP contribution >= 0.6 is 0 Å². The van der Waals surface area contributed by atoms with E-state index in [1.54, 1.807) is 0 Å². The molecular formula is C7H10F3N. The molecule has 0 unspecified atom stereocenters. The highest BCUT2D eigenvalue weighted by atomic mass is 19.4. The van der Waals surface area contributed by atoms with Gasteiger partial charge in [-0.05, 0) is 25.7 Å². The van der Waals surface area contributed by atoms with Gasteiger partial charge in [0, 0.05) is 5.71 Å². The highest BCUT2D eigenvalue weighted by molar-refractivity contribution is 5.85. The Balaban J connectivity index is 2.50. The van der Waals surface area contributed by atoms with Crippen LogP contribution in [-0.2, 0) is 0 Å². The van der Waals surface area contributed by atoms with E-state index in [0.717, 1.165) is 19.3 Å². The number of hydrogen-bond acceptors (Lipinski definition) is 1. The molecular weight excluding hydrogens is 155 g/mol. The molecule has 1 nitrogen and oxygen atoms in total. The largest absolute Gasteiger partial charge is 0.503 e. The van der Waals surface area contributed by atoms with Crippen LogP contribution in [0.1, 0.15) is 32.1 Å². The van der Waals surface area contributed by atoms with Crippen molar-refractivity contribution in [3.8, 4) is 0 Å². The van der Waals surface area contributed by atoms with Crippen molar-refractivity contribution in [2.45, 2.75) is 38.4 Å². The second-order valence-electron chi connectivity index (χ2n) is 2.71. The van der Waals surface area contributed by atoms with Crippen molar-refractivity contribution in [2.75, 3.05) is 0 Å². The van der Waals surface area contributed by atoms with E-state index in [1.165, 1.54) is 0 Å². The van der Waals surface area contributed by atoms with E-state index in [0.29, 0.717) is 18.6 Å². The van der Waals surface area contributed by atoms with E-state index in [-0.39, 0.29) is 0 Å². The van der Waals surface area contributed by atoms with Crippen molar-refractivity contribution in [3.63, 3.8) is 0 Å². The fourth-order valence-electron chi connectivity index (χ4n) is 1.25. The fourth-order valence-corrected chi connectivity index (χ4v) is 1.25. The highest BCUT2D eigenvalue weighted by Gasteiger charge is 2.27. The molecule has 4 heteroatoms. The average Bonchev–Trinajstić information content (AvgIpc) is 1.85. The van der Waals surface area contributed by atoms with E-state index in [4.69, 9.17) is 0 Å². The maximum atomic E-state index is 11.7. The van der Waals surface area contributed by atoms with Gasteiger partial charge in [-0.1, -0.05) is 6.42 Å². The van der Waals surface area contributed by atoms with E-state index in [9.17, 15) is 13.2 Å². The van der Waals surface area contributed by atoms with Crippen LogP contribution in [0.25, 0.3) is 0 Å². The van der Waals surface area contributed by atoms with E-state index in [2.05, 4.69) is 4.99 Å². The summed E-state index contributed by atoms with van der Waals surface area (Å²) in [4.78, 5) is 2.68. The number of hydrogen-bond donors (Lipinski definition) is 0. The topological polar surface area (TPSA) is 12.4 Å². The summed E-state index contributed by atoms with van der Waals surface area (Å²) in [6.07, 6.45) is -0.549. The Morgan fingerprint density at radius 1 is 1.00 bits per heavy atom. The first-order chi connectivity index (χ1) is 5.08. The molecule has 0 N–H and O–H groups in total. The van der Waals surface area contributed by atoms with Crippen molar-refractivity contribution in [1.29, 1.82) is 0 Å². The molecule has 0 aromatic heterocycles. The Morgan fingerprint density at radius 2 is 1.55 bits per heavy atom. The lowest BCUT2D eigenvalue weighted by Crippen LogP contribution is -2.12. The smallest absolute Gasteiger partial charge is 0.194 e. The monoisotopic (exact) mass is 165 g/mol. The zero-order chi connectivity index (χ0) is 8.32. The van der Waals surface area contributed by atoms with Crippen LogP contribution in [0, 0.1) is 0 Å². The molecule has 64 valence electrons. The van der Waals surface area contributed by atoms with Gasteiger partial charge < -0.3 is 0 Å². The predicted molar refractivity (Wildman–Crippen MR) is 36.6 cm³/mol. The molecule has 1 fully saturated rings. The van der Waals surface area contributed by atoms with Gasteiger partial charge in [-0.25, -0.2) is 0 Å². The van der Waals surface area contributed by atoms with Crippen LogP contribution in [0.5, 0.6) is 0 Å². The molecule has 0 aromatic rings. The van der Waals surface area contributed by atoms with Crippen molar-refractivity contribution in [1.82, 2.24) is 0 Å². The second kappa shape index (κ2) is 3.24. The maximum absolute atomic E-state index is 11.7. The Bertz CT molecular complexity index is 152. The molecule has 0 radical (unpaired) electrons. The van der Waals surface area contributed by atoms with Crippen LogP contribution in [0.2, 0.25) is 0 Å². The van der Waals surface area contributed by atoms with E-state index >= 15 is 0 Å². The van der Waals surface area contributed by atoms with Crippen molar-refractivity contribution in [2.24, 2.45) is 4.99 Å². The van der Waals surface area contributed by atoms with Gasteiger partial charge in [0.05, 0.1) is 0 Å². The zero-order valence-electron chi connectivity index (χ0n) is 6.12. The van der Waals surface area contributed by atoms with Crippen molar-refractivity contribution in [3.05, 3.63) is 0 Å². The maximum Gasteiger partial charge on any atom is 0.503 e. The van der Waals surface area contributed by atoms with Crippen LogP contribution in [-0.4, -0.2) is 12.0 Å². The second-order valence-corrected chi connectivity index (χ2v) is 2.71. The summed E-state index contributed by atoms with van der Waals surface area (Å²) in [6.45, 7) is 0. The summed E-state index contributed by atoms with van der Waals surface area (Å²) in [5.41, 5.74) is 0.323. The Hall–Kier alpha value is -0.540. The van der Waals surface area contributed by atoms with E-state index < -0.39 is 6.30 Å². The third kappa shape index (κ3) is 3.39. The number of rotatable bonds is 0. The van der Waals surface area contributed by atoms with Crippen LogP contribution in [0.4, 0.5) is 13.2 Å². The van der Waals surface area contributed by atoms with Crippen LogP contribution in [0.3, 0.4) is 0 Å². The lowest BCUT2D eigenvalue weighted by molar-refractivity contribution is -0.119. The van der Waals surface area contributed by atoms with Crippen molar-refractivity contribution >= 4 is 5.71 Å². The molecule has 1 saturated carbocycles. The molecule has 11 heavy (non-hydrogen) atoms. The number of halogens is 3. The van der Waals surface area contributed by atoms with Gasteiger partial charge in [0.1, 0.15) is 0 Å².